The zero-order valence-corrected chi connectivity index (χ0v) is 12.9. The molecule has 0 aliphatic heterocycles. The van der Waals surface area contributed by atoms with Crippen LogP contribution in [0.2, 0.25) is 0 Å². The molecule has 2 unspecified atom stereocenters. The van der Waals surface area contributed by atoms with Gasteiger partial charge in [-0.15, -0.1) is 0 Å². The van der Waals surface area contributed by atoms with E-state index < -0.39 is 0 Å². The SMILES string of the molecule is CCSCCC(C)NC(C)C(=O)NCCCOC. The molecule has 5 heteroatoms. The minimum atomic E-state index is -0.130. The average molecular weight is 276 g/mol. The zero-order chi connectivity index (χ0) is 13.8. The van der Waals surface area contributed by atoms with Crippen molar-refractivity contribution in [2.45, 2.75) is 45.7 Å². The fourth-order valence-electron chi connectivity index (χ4n) is 1.57. The molecule has 18 heavy (non-hydrogen) atoms. The van der Waals surface area contributed by atoms with E-state index in [4.69, 9.17) is 4.74 Å². The molecule has 0 aliphatic rings. The summed E-state index contributed by atoms with van der Waals surface area (Å²) in [7, 11) is 1.67. The van der Waals surface area contributed by atoms with Crippen LogP contribution in [0, 0.1) is 0 Å². The third kappa shape index (κ3) is 9.74. The van der Waals surface area contributed by atoms with Crippen molar-refractivity contribution in [1.82, 2.24) is 10.6 Å². The van der Waals surface area contributed by atoms with Crippen molar-refractivity contribution in [2.24, 2.45) is 0 Å². The lowest BCUT2D eigenvalue weighted by Crippen LogP contribution is -2.46. The standard InChI is InChI=1S/C13H28N2O2S/c1-5-18-10-7-11(2)15-12(3)13(16)14-8-6-9-17-4/h11-12,15H,5-10H2,1-4H3,(H,14,16). The minimum Gasteiger partial charge on any atom is -0.385 e. The number of hydrogen-bond acceptors (Lipinski definition) is 4. The number of ether oxygens (including phenoxy) is 1. The van der Waals surface area contributed by atoms with Crippen molar-refractivity contribution in [1.29, 1.82) is 0 Å². The van der Waals surface area contributed by atoms with Crippen LogP contribution in [-0.2, 0) is 9.53 Å². The average Bonchev–Trinajstić information content (AvgIpc) is 2.34. The first kappa shape index (κ1) is 17.7. The quantitative estimate of drug-likeness (QED) is 0.563. The maximum Gasteiger partial charge on any atom is 0.236 e. The molecule has 4 nitrogen and oxygen atoms in total. The molecule has 0 aromatic carbocycles. The number of methoxy groups -OCH3 is 1. The number of hydrogen-bond donors (Lipinski definition) is 2. The van der Waals surface area contributed by atoms with E-state index in [-0.39, 0.29) is 11.9 Å². The summed E-state index contributed by atoms with van der Waals surface area (Å²) >= 11 is 1.94. The van der Waals surface area contributed by atoms with Gasteiger partial charge in [0, 0.05) is 26.3 Å². The Bertz CT molecular complexity index is 215. The van der Waals surface area contributed by atoms with Gasteiger partial charge in [0.15, 0.2) is 0 Å². The summed E-state index contributed by atoms with van der Waals surface area (Å²) in [6, 6.07) is 0.248. The molecule has 0 saturated carbocycles. The number of rotatable bonds is 11. The minimum absolute atomic E-state index is 0.0705. The molecule has 0 fully saturated rings. The van der Waals surface area contributed by atoms with E-state index in [2.05, 4.69) is 24.5 Å². The Morgan fingerprint density at radius 1 is 1.39 bits per heavy atom. The van der Waals surface area contributed by atoms with Crippen LogP contribution >= 0.6 is 11.8 Å². The predicted molar refractivity (Wildman–Crippen MR) is 79.2 cm³/mol. The number of amides is 1. The molecule has 0 radical (unpaired) electrons. The highest BCUT2D eigenvalue weighted by molar-refractivity contribution is 7.99. The van der Waals surface area contributed by atoms with Gasteiger partial charge in [-0.2, -0.15) is 11.8 Å². The van der Waals surface area contributed by atoms with Crippen LogP contribution in [0.5, 0.6) is 0 Å². The third-order valence-electron chi connectivity index (χ3n) is 2.65. The van der Waals surface area contributed by atoms with Gasteiger partial charge in [-0.1, -0.05) is 6.92 Å². The molecular weight excluding hydrogens is 248 g/mol. The van der Waals surface area contributed by atoms with Gasteiger partial charge in [0.1, 0.15) is 0 Å². The lowest BCUT2D eigenvalue weighted by Gasteiger charge is -2.19. The Hall–Kier alpha value is -0.260. The maximum atomic E-state index is 11.8. The van der Waals surface area contributed by atoms with E-state index in [0.717, 1.165) is 24.3 Å². The molecule has 0 rings (SSSR count). The molecule has 0 heterocycles. The van der Waals surface area contributed by atoms with Gasteiger partial charge in [0.05, 0.1) is 6.04 Å². The molecule has 2 atom stereocenters. The molecule has 0 spiro atoms. The van der Waals surface area contributed by atoms with E-state index >= 15 is 0 Å². The van der Waals surface area contributed by atoms with Gasteiger partial charge < -0.3 is 15.4 Å². The van der Waals surface area contributed by atoms with Crippen LogP contribution in [-0.4, -0.2) is 49.8 Å². The van der Waals surface area contributed by atoms with Gasteiger partial charge >= 0.3 is 0 Å². The lowest BCUT2D eigenvalue weighted by molar-refractivity contribution is -0.122. The van der Waals surface area contributed by atoms with Gasteiger partial charge in [0.25, 0.3) is 0 Å². The molecule has 1 amide bonds. The summed E-state index contributed by atoms with van der Waals surface area (Å²) in [5.41, 5.74) is 0. The summed E-state index contributed by atoms with van der Waals surface area (Å²) in [5.74, 6) is 2.37. The highest BCUT2D eigenvalue weighted by Gasteiger charge is 2.14. The molecule has 0 aromatic rings. The van der Waals surface area contributed by atoms with Crippen molar-refractivity contribution in [3.8, 4) is 0 Å². The van der Waals surface area contributed by atoms with Crippen LogP contribution < -0.4 is 10.6 Å². The second-order valence-corrected chi connectivity index (χ2v) is 5.81. The van der Waals surface area contributed by atoms with E-state index in [0.29, 0.717) is 19.2 Å². The molecular formula is C13H28N2O2S. The van der Waals surface area contributed by atoms with Crippen LogP contribution in [0.25, 0.3) is 0 Å². The number of nitrogens with one attached hydrogen (secondary N) is 2. The van der Waals surface area contributed by atoms with Crippen molar-refractivity contribution >= 4 is 17.7 Å². The summed E-state index contributed by atoms with van der Waals surface area (Å²) in [6.45, 7) is 7.57. The van der Waals surface area contributed by atoms with E-state index in [1.165, 1.54) is 0 Å². The monoisotopic (exact) mass is 276 g/mol. The fraction of sp³-hybridized carbons (Fsp3) is 0.923. The van der Waals surface area contributed by atoms with Gasteiger partial charge in [-0.3, -0.25) is 4.79 Å². The Labute approximate surface area is 116 Å². The smallest absolute Gasteiger partial charge is 0.236 e. The third-order valence-corrected chi connectivity index (χ3v) is 3.58. The van der Waals surface area contributed by atoms with Crippen molar-refractivity contribution < 1.29 is 9.53 Å². The van der Waals surface area contributed by atoms with Crippen LogP contribution in [0.4, 0.5) is 0 Å². The van der Waals surface area contributed by atoms with Crippen LogP contribution in [0.1, 0.15) is 33.6 Å². The normalized spacial score (nSPS) is 14.2. The first-order valence-electron chi connectivity index (χ1n) is 6.72. The Balaban J connectivity index is 3.65. The largest absolute Gasteiger partial charge is 0.385 e. The van der Waals surface area contributed by atoms with Crippen molar-refractivity contribution in [3.63, 3.8) is 0 Å². The van der Waals surface area contributed by atoms with Crippen molar-refractivity contribution in [2.75, 3.05) is 31.8 Å². The fourth-order valence-corrected chi connectivity index (χ4v) is 2.38. The topological polar surface area (TPSA) is 50.4 Å². The summed E-state index contributed by atoms with van der Waals surface area (Å²) in [5, 5.41) is 6.23. The Morgan fingerprint density at radius 3 is 2.72 bits per heavy atom. The molecule has 0 bridgehead atoms. The number of carbonyl (C=O) groups is 1. The van der Waals surface area contributed by atoms with Gasteiger partial charge in [-0.05, 0) is 38.2 Å². The molecule has 108 valence electrons. The summed E-state index contributed by atoms with van der Waals surface area (Å²) < 4.78 is 4.93. The van der Waals surface area contributed by atoms with E-state index in [1.54, 1.807) is 7.11 Å². The lowest BCUT2D eigenvalue weighted by atomic mass is 10.2. The maximum absolute atomic E-state index is 11.8. The van der Waals surface area contributed by atoms with Crippen LogP contribution in [0.15, 0.2) is 0 Å². The predicted octanol–water partition coefficient (Wildman–Crippen LogP) is 1.65. The molecule has 0 aliphatic carbocycles. The summed E-state index contributed by atoms with van der Waals surface area (Å²) in [4.78, 5) is 11.8. The second-order valence-electron chi connectivity index (χ2n) is 4.41. The highest BCUT2D eigenvalue weighted by atomic mass is 32.2. The van der Waals surface area contributed by atoms with E-state index in [9.17, 15) is 4.79 Å². The first-order chi connectivity index (χ1) is 8.61. The first-order valence-corrected chi connectivity index (χ1v) is 7.87. The van der Waals surface area contributed by atoms with Crippen LogP contribution in [0.3, 0.4) is 0 Å². The van der Waals surface area contributed by atoms with Crippen molar-refractivity contribution in [3.05, 3.63) is 0 Å². The Kier molecular flexibility index (Phi) is 11.6. The zero-order valence-electron chi connectivity index (χ0n) is 12.1. The van der Waals surface area contributed by atoms with Gasteiger partial charge in [-0.25, -0.2) is 0 Å². The number of thioether (sulfide) groups is 1. The molecule has 2 N–H and O–H groups in total. The van der Waals surface area contributed by atoms with Gasteiger partial charge in [0.2, 0.25) is 5.91 Å². The highest BCUT2D eigenvalue weighted by Crippen LogP contribution is 2.04. The molecule has 0 aromatic heterocycles. The molecule has 0 saturated heterocycles. The summed E-state index contributed by atoms with van der Waals surface area (Å²) in [6.07, 6.45) is 1.96. The number of carbonyl (C=O) groups excluding carboxylic acids is 1. The second kappa shape index (κ2) is 11.8. The Morgan fingerprint density at radius 2 is 2.11 bits per heavy atom. The van der Waals surface area contributed by atoms with E-state index in [1.807, 2.05) is 18.7 Å².